The van der Waals surface area contributed by atoms with Gasteiger partial charge in [-0.05, 0) is 48.9 Å². The lowest BCUT2D eigenvalue weighted by atomic mass is 10.2. The van der Waals surface area contributed by atoms with E-state index in [9.17, 15) is 13.2 Å². The maximum Gasteiger partial charge on any atom is 0.416 e. The van der Waals surface area contributed by atoms with Gasteiger partial charge in [-0.1, -0.05) is 18.2 Å². The third kappa shape index (κ3) is 4.12. The van der Waals surface area contributed by atoms with E-state index in [0.29, 0.717) is 11.3 Å². The smallest absolute Gasteiger partial charge is 0.370 e. The van der Waals surface area contributed by atoms with Gasteiger partial charge >= 0.3 is 6.18 Å². The molecule has 1 fully saturated rings. The van der Waals surface area contributed by atoms with Crippen molar-refractivity contribution in [1.29, 1.82) is 0 Å². The molecule has 3 heterocycles. The maximum atomic E-state index is 13.0. The van der Waals surface area contributed by atoms with Crippen LogP contribution >= 0.6 is 0 Å². The van der Waals surface area contributed by atoms with Gasteiger partial charge in [0.05, 0.1) is 16.6 Å². The Kier molecular flexibility index (Phi) is 5.20. The van der Waals surface area contributed by atoms with Crippen LogP contribution < -0.4 is 9.80 Å². The molecule has 0 amide bonds. The van der Waals surface area contributed by atoms with Crippen molar-refractivity contribution in [3.63, 3.8) is 0 Å². The molecule has 0 saturated carbocycles. The Morgan fingerprint density at radius 2 is 1.62 bits per heavy atom. The van der Waals surface area contributed by atoms with Crippen LogP contribution in [-0.4, -0.2) is 41.1 Å². The summed E-state index contributed by atoms with van der Waals surface area (Å²) in [5.41, 5.74) is 2.11. The number of anilines is 2. The molecule has 1 N–H and O–H groups in total. The van der Waals surface area contributed by atoms with Gasteiger partial charge in [0.15, 0.2) is 0 Å². The normalized spacial score (nSPS) is 15.2. The lowest BCUT2D eigenvalue weighted by molar-refractivity contribution is -0.137. The number of imidazole rings is 1. The summed E-state index contributed by atoms with van der Waals surface area (Å²) >= 11 is 0. The van der Waals surface area contributed by atoms with Crippen molar-refractivity contribution in [2.75, 3.05) is 36.0 Å². The summed E-state index contributed by atoms with van der Waals surface area (Å²) in [5.74, 6) is 1.39. The number of halogens is 3. The molecule has 2 aromatic carbocycles. The van der Waals surface area contributed by atoms with Crippen molar-refractivity contribution in [1.82, 2.24) is 15.0 Å². The number of H-pyrrole nitrogens is 1. The largest absolute Gasteiger partial charge is 0.416 e. The fourth-order valence-corrected chi connectivity index (χ4v) is 4.08. The molecular formula is C24H22F3N5. The van der Waals surface area contributed by atoms with Crippen LogP contribution in [0.5, 0.6) is 0 Å². The van der Waals surface area contributed by atoms with Gasteiger partial charge in [0.2, 0.25) is 0 Å². The summed E-state index contributed by atoms with van der Waals surface area (Å²) in [6.07, 6.45) is -1.64. The van der Waals surface area contributed by atoms with Gasteiger partial charge in [0, 0.05) is 43.6 Å². The van der Waals surface area contributed by atoms with E-state index in [-0.39, 0.29) is 5.52 Å². The van der Waals surface area contributed by atoms with Crippen LogP contribution in [0.3, 0.4) is 0 Å². The molecule has 164 valence electrons. The minimum absolute atomic E-state index is 0.285. The number of alkyl halides is 3. The first kappa shape index (κ1) is 20.4. The zero-order chi connectivity index (χ0) is 22.1. The van der Waals surface area contributed by atoms with Gasteiger partial charge in [0.1, 0.15) is 11.6 Å². The SMILES string of the molecule is FC(F)(F)c1ccc2[nH]c(-c3ccc(N4CCCN(c5ccccc5)CC4)nc3)nc2c1. The number of aromatic amines is 1. The van der Waals surface area contributed by atoms with Gasteiger partial charge in [-0.3, -0.25) is 0 Å². The fourth-order valence-electron chi connectivity index (χ4n) is 4.08. The average molecular weight is 437 g/mol. The van der Waals surface area contributed by atoms with Gasteiger partial charge in [0.25, 0.3) is 0 Å². The Balaban J connectivity index is 1.32. The van der Waals surface area contributed by atoms with E-state index in [1.165, 1.54) is 11.8 Å². The predicted molar refractivity (Wildman–Crippen MR) is 120 cm³/mol. The topological polar surface area (TPSA) is 48.1 Å². The first-order chi connectivity index (χ1) is 15.5. The third-order valence-electron chi connectivity index (χ3n) is 5.77. The minimum atomic E-state index is -4.39. The summed E-state index contributed by atoms with van der Waals surface area (Å²) in [6, 6.07) is 17.8. The van der Waals surface area contributed by atoms with Crippen molar-refractivity contribution in [3.05, 3.63) is 72.4 Å². The number of fused-ring (bicyclic) bond motifs is 1. The molecule has 0 bridgehead atoms. The van der Waals surface area contributed by atoms with E-state index in [1.807, 2.05) is 18.2 Å². The number of hydrogen-bond donors (Lipinski definition) is 1. The van der Waals surface area contributed by atoms with Gasteiger partial charge < -0.3 is 14.8 Å². The molecule has 0 spiro atoms. The molecule has 1 saturated heterocycles. The number of benzene rings is 2. The maximum absolute atomic E-state index is 13.0. The van der Waals surface area contributed by atoms with Crippen molar-refractivity contribution in [2.24, 2.45) is 0 Å². The molecule has 4 aromatic rings. The molecule has 5 rings (SSSR count). The molecule has 0 unspecified atom stereocenters. The quantitative estimate of drug-likeness (QED) is 0.469. The molecular weight excluding hydrogens is 415 g/mol. The van der Waals surface area contributed by atoms with Crippen LogP contribution in [0.15, 0.2) is 66.9 Å². The molecule has 5 nitrogen and oxygen atoms in total. The van der Waals surface area contributed by atoms with E-state index in [1.54, 1.807) is 6.20 Å². The second-order valence-corrected chi connectivity index (χ2v) is 7.88. The number of nitrogens with one attached hydrogen (secondary N) is 1. The highest BCUT2D eigenvalue weighted by Crippen LogP contribution is 2.32. The Morgan fingerprint density at radius 3 is 2.38 bits per heavy atom. The summed E-state index contributed by atoms with van der Waals surface area (Å²) in [5, 5.41) is 0. The highest BCUT2D eigenvalue weighted by atomic mass is 19.4. The van der Waals surface area contributed by atoms with E-state index in [2.05, 4.69) is 49.0 Å². The van der Waals surface area contributed by atoms with E-state index in [4.69, 9.17) is 0 Å². The second-order valence-electron chi connectivity index (χ2n) is 7.88. The molecule has 0 atom stereocenters. The Morgan fingerprint density at radius 1 is 0.844 bits per heavy atom. The van der Waals surface area contributed by atoms with Crippen LogP contribution in [0.25, 0.3) is 22.4 Å². The van der Waals surface area contributed by atoms with E-state index in [0.717, 1.165) is 56.1 Å². The monoisotopic (exact) mass is 437 g/mol. The van der Waals surface area contributed by atoms with Crippen molar-refractivity contribution < 1.29 is 13.2 Å². The second kappa shape index (κ2) is 8.18. The summed E-state index contributed by atoms with van der Waals surface area (Å²) in [4.78, 5) is 16.7. The number of nitrogens with zero attached hydrogens (tertiary/aromatic N) is 4. The number of hydrogen-bond acceptors (Lipinski definition) is 4. The first-order valence-electron chi connectivity index (χ1n) is 10.6. The van der Waals surface area contributed by atoms with E-state index < -0.39 is 11.7 Å². The molecule has 1 aliphatic rings. The van der Waals surface area contributed by atoms with Crippen molar-refractivity contribution >= 4 is 22.5 Å². The van der Waals surface area contributed by atoms with Crippen LogP contribution in [0, 0.1) is 0 Å². The van der Waals surface area contributed by atoms with Crippen LogP contribution in [0.2, 0.25) is 0 Å². The number of pyridine rings is 1. The standard InChI is InChI=1S/C24H22F3N5/c25-24(26,27)18-8-9-20-21(15-18)30-23(29-20)17-7-10-22(28-16-17)32-12-4-11-31(13-14-32)19-5-2-1-3-6-19/h1-3,5-10,15-16H,4,11-14H2,(H,29,30). The Labute approximate surface area is 183 Å². The predicted octanol–water partition coefficient (Wildman–Crippen LogP) is 5.36. The highest BCUT2D eigenvalue weighted by Gasteiger charge is 2.30. The highest BCUT2D eigenvalue weighted by molar-refractivity contribution is 5.80. The Hall–Kier alpha value is -3.55. The van der Waals surface area contributed by atoms with Crippen LogP contribution in [0.1, 0.15) is 12.0 Å². The van der Waals surface area contributed by atoms with Gasteiger partial charge in [-0.25, -0.2) is 9.97 Å². The van der Waals surface area contributed by atoms with Crippen LogP contribution in [0.4, 0.5) is 24.7 Å². The number of rotatable bonds is 3. The molecule has 0 aliphatic carbocycles. The molecule has 0 radical (unpaired) electrons. The zero-order valence-corrected chi connectivity index (χ0v) is 17.3. The minimum Gasteiger partial charge on any atom is -0.370 e. The number of aromatic nitrogens is 3. The van der Waals surface area contributed by atoms with Gasteiger partial charge in [-0.2, -0.15) is 13.2 Å². The molecule has 1 aliphatic heterocycles. The van der Waals surface area contributed by atoms with Crippen molar-refractivity contribution in [2.45, 2.75) is 12.6 Å². The Bertz CT molecular complexity index is 1200. The third-order valence-corrected chi connectivity index (χ3v) is 5.77. The molecule has 32 heavy (non-hydrogen) atoms. The average Bonchev–Trinajstić information content (AvgIpc) is 3.08. The number of para-hydroxylation sites is 1. The molecule has 2 aromatic heterocycles. The summed E-state index contributed by atoms with van der Waals surface area (Å²) < 4.78 is 38.9. The van der Waals surface area contributed by atoms with E-state index >= 15 is 0 Å². The fraction of sp³-hybridized carbons (Fsp3) is 0.250. The summed E-state index contributed by atoms with van der Waals surface area (Å²) in [7, 11) is 0. The lowest BCUT2D eigenvalue weighted by Crippen LogP contribution is -2.31. The lowest BCUT2D eigenvalue weighted by Gasteiger charge is -2.24. The van der Waals surface area contributed by atoms with Gasteiger partial charge in [-0.15, -0.1) is 0 Å². The van der Waals surface area contributed by atoms with Crippen LogP contribution in [-0.2, 0) is 6.18 Å². The zero-order valence-electron chi connectivity index (χ0n) is 17.3. The first-order valence-corrected chi connectivity index (χ1v) is 10.6. The molecule has 8 heteroatoms. The van der Waals surface area contributed by atoms with Crippen molar-refractivity contribution in [3.8, 4) is 11.4 Å². The summed E-state index contributed by atoms with van der Waals surface area (Å²) in [6.45, 7) is 3.70.